The lowest BCUT2D eigenvalue weighted by molar-refractivity contribution is 0.546. The Morgan fingerprint density at radius 1 is 1.32 bits per heavy atom. The highest BCUT2D eigenvalue weighted by atomic mass is 19.1. The molecule has 1 aromatic heterocycles. The van der Waals surface area contributed by atoms with Gasteiger partial charge in [0.25, 0.3) is 5.56 Å². The molecule has 102 valence electrons. The van der Waals surface area contributed by atoms with Crippen LogP contribution in [0.1, 0.15) is 19.0 Å². The van der Waals surface area contributed by atoms with E-state index in [0.717, 1.165) is 23.2 Å². The minimum Gasteiger partial charge on any atom is -0.393 e. The normalized spacial score (nSPS) is 10.9. The lowest BCUT2D eigenvalue weighted by Gasteiger charge is -2.10. The van der Waals surface area contributed by atoms with Crippen LogP contribution in [0.4, 0.5) is 14.5 Å². The second kappa shape index (κ2) is 4.87. The molecule has 0 aliphatic heterocycles. The third-order valence-corrected chi connectivity index (χ3v) is 3.05. The molecular weight excluding hydrogens is 252 g/mol. The number of rotatable bonds is 3. The van der Waals surface area contributed by atoms with Gasteiger partial charge in [-0.2, -0.15) is 0 Å². The number of benzene rings is 1. The van der Waals surface area contributed by atoms with Crippen LogP contribution < -0.4 is 11.3 Å². The summed E-state index contributed by atoms with van der Waals surface area (Å²) >= 11 is 0. The van der Waals surface area contributed by atoms with E-state index < -0.39 is 17.2 Å². The molecule has 2 N–H and O–H groups in total. The van der Waals surface area contributed by atoms with Gasteiger partial charge < -0.3 is 5.73 Å². The fourth-order valence-electron chi connectivity index (χ4n) is 2.13. The van der Waals surface area contributed by atoms with Crippen LogP contribution in [0, 0.1) is 11.6 Å². The zero-order valence-electron chi connectivity index (χ0n) is 10.8. The first-order chi connectivity index (χ1) is 8.97. The molecule has 0 saturated heterocycles. The van der Waals surface area contributed by atoms with E-state index in [4.69, 9.17) is 5.73 Å². The molecule has 0 fully saturated rings. The number of halogens is 2. The first kappa shape index (κ1) is 13.3. The molecule has 1 aromatic carbocycles. The van der Waals surface area contributed by atoms with Crippen molar-refractivity contribution in [2.24, 2.45) is 7.05 Å². The first-order valence-corrected chi connectivity index (χ1v) is 5.99. The Labute approximate surface area is 109 Å². The summed E-state index contributed by atoms with van der Waals surface area (Å²) in [7, 11) is 1.63. The van der Waals surface area contributed by atoms with E-state index in [9.17, 15) is 13.6 Å². The molecule has 0 saturated carbocycles. The second-order valence-electron chi connectivity index (χ2n) is 4.35. The topological polar surface area (TPSA) is 53.0 Å². The van der Waals surface area contributed by atoms with Gasteiger partial charge in [-0.3, -0.25) is 9.48 Å². The lowest BCUT2D eigenvalue weighted by atomic mass is 10.2. The van der Waals surface area contributed by atoms with Crippen LogP contribution in [0.15, 0.2) is 23.0 Å². The van der Waals surface area contributed by atoms with Gasteiger partial charge in [0.15, 0.2) is 5.82 Å². The van der Waals surface area contributed by atoms with Crippen LogP contribution in [-0.2, 0) is 13.5 Å². The van der Waals surface area contributed by atoms with E-state index >= 15 is 0 Å². The first-order valence-electron chi connectivity index (χ1n) is 5.99. The summed E-state index contributed by atoms with van der Waals surface area (Å²) < 4.78 is 29.3. The maximum absolute atomic E-state index is 13.8. The fraction of sp³-hybridized carbons (Fsp3) is 0.308. The summed E-state index contributed by atoms with van der Waals surface area (Å²) in [5, 5.41) is 0. The standard InChI is InChI=1S/C13H15F2N3O/c1-3-4-11-12(16)13(19)18(17(11)2)10-6-5-8(14)7-9(10)15/h5-7H,3-4,16H2,1-2H3. The third-order valence-electron chi connectivity index (χ3n) is 3.05. The molecule has 2 rings (SSSR count). The fourth-order valence-corrected chi connectivity index (χ4v) is 2.13. The van der Waals surface area contributed by atoms with Gasteiger partial charge in [-0.05, 0) is 18.6 Å². The van der Waals surface area contributed by atoms with Crippen LogP contribution in [0.5, 0.6) is 0 Å². The number of anilines is 1. The molecule has 1 heterocycles. The minimum atomic E-state index is -0.800. The molecule has 0 radical (unpaired) electrons. The largest absolute Gasteiger partial charge is 0.393 e. The van der Waals surface area contributed by atoms with Gasteiger partial charge in [0.05, 0.1) is 5.69 Å². The lowest BCUT2D eigenvalue weighted by Crippen LogP contribution is -2.21. The van der Waals surface area contributed by atoms with Crippen molar-refractivity contribution in [2.45, 2.75) is 19.8 Å². The van der Waals surface area contributed by atoms with Gasteiger partial charge in [0, 0.05) is 13.1 Å². The highest BCUT2D eigenvalue weighted by Gasteiger charge is 2.18. The Kier molecular flexibility index (Phi) is 3.42. The molecule has 0 aliphatic rings. The SMILES string of the molecule is CCCc1c(N)c(=O)n(-c2ccc(F)cc2F)n1C. The van der Waals surface area contributed by atoms with Gasteiger partial charge >= 0.3 is 0 Å². The quantitative estimate of drug-likeness (QED) is 0.924. The molecule has 0 bridgehead atoms. The summed E-state index contributed by atoms with van der Waals surface area (Å²) in [6, 6.07) is 3.07. The Morgan fingerprint density at radius 2 is 2.00 bits per heavy atom. The Bertz CT molecular complexity index is 673. The highest BCUT2D eigenvalue weighted by Crippen LogP contribution is 2.17. The summed E-state index contributed by atoms with van der Waals surface area (Å²) in [4.78, 5) is 12.1. The van der Waals surface area contributed by atoms with Crippen molar-refractivity contribution >= 4 is 5.69 Å². The maximum atomic E-state index is 13.8. The van der Waals surface area contributed by atoms with Gasteiger partial charge in [0.2, 0.25) is 0 Å². The highest BCUT2D eigenvalue weighted by molar-refractivity contribution is 5.46. The van der Waals surface area contributed by atoms with E-state index in [1.54, 1.807) is 7.05 Å². The molecule has 0 unspecified atom stereocenters. The number of nitrogen functional groups attached to an aromatic ring is 1. The van der Waals surface area contributed by atoms with Crippen molar-refractivity contribution in [3.63, 3.8) is 0 Å². The van der Waals surface area contributed by atoms with Crippen molar-refractivity contribution < 1.29 is 8.78 Å². The molecule has 0 amide bonds. The van der Waals surface area contributed by atoms with E-state index in [1.165, 1.54) is 10.7 Å². The van der Waals surface area contributed by atoms with E-state index in [1.807, 2.05) is 6.92 Å². The van der Waals surface area contributed by atoms with Gasteiger partial charge in [0.1, 0.15) is 17.2 Å². The predicted molar refractivity (Wildman–Crippen MR) is 69.3 cm³/mol. The molecular formula is C13H15F2N3O. The Hall–Kier alpha value is -2.11. The average Bonchev–Trinajstić information content (AvgIpc) is 2.55. The van der Waals surface area contributed by atoms with E-state index in [2.05, 4.69) is 0 Å². The number of nitrogens with two attached hydrogens (primary N) is 1. The zero-order valence-corrected chi connectivity index (χ0v) is 10.8. The summed E-state index contributed by atoms with van der Waals surface area (Å²) in [6.45, 7) is 1.96. The predicted octanol–water partition coefficient (Wildman–Crippen LogP) is 1.99. The van der Waals surface area contributed by atoms with Crippen molar-refractivity contribution in [1.29, 1.82) is 0 Å². The zero-order chi connectivity index (χ0) is 14.2. The summed E-state index contributed by atoms with van der Waals surface area (Å²) in [5.41, 5.74) is 6.01. The number of hydrogen-bond acceptors (Lipinski definition) is 2. The van der Waals surface area contributed by atoms with Crippen LogP contribution >= 0.6 is 0 Å². The molecule has 19 heavy (non-hydrogen) atoms. The van der Waals surface area contributed by atoms with E-state index in [-0.39, 0.29) is 11.4 Å². The van der Waals surface area contributed by atoms with Crippen molar-refractivity contribution in [2.75, 3.05) is 5.73 Å². The summed E-state index contributed by atoms with van der Waals surface area (Å²) in [6.07, 6.45) is 1.43. The second-order valence-corrected chi connectivity index (χ2v) is 4.35. The van der Waals surface area contributed by atoms with Crippen LogP contribution in [-0.4, -0.2) is 9.36 Å². The minimum absolute atomic E-state index is 0.0112. The monoisotopic (exact) mass is 267 g/mol. The maximum Gasteiger partial charge on any atom is 0.294 e. The number of aromatic nitrogens is 2. The third kappa shape index (κ3) is 2.14. The average molecular weight is 267 g/mol. The molecule has 4 nitrogen and oxygen atoms in total. The smallest absolute Gasteiger partial charge is 0.294 e. The van der Waals surface area contributed by atoms with Crippen molar-refractivity contribution in [1.82, 2.24) is 9.36 Å². The Morgan fingerprint density at radius 3 is 2.58 bits per heavy atom. The Balaban J connectivity index is 2.69. The summed E-state index contributed by atoms with van der Waals surface area (Å²) in [5.74, 6) is -1.49. The van der Waals surface area contributed by atoms with Crippen molar-refractivity contribution in [3.05, 3.63) is 45.9 Å². The molecule has 0 atom stereocenters. The molecule has 0 spiro atoms. The van der Waals surface area contributed by atoms with Gasteiger partial charge in [-0.1, -0.05) is 13.3 Å². The molecule has 2 aromatic rings. The van der Waals surface area contributed by atoms with Gasteiger partial charge in [-0.15, -0.1) is 0 Å². The van der Waals surface area contributed by atoms with Gasteiger partial charge in [-0.25, -0.2) is 13.5 Å². The van der Waals surface area contributed by atoms with E-state index in [0.29, 0.717) is 12.1 Å². The molecule has 0 aliphatic carbocycles. The van der Waals surface area contributed by atoms with Crippen LogP contribution in [0.25, 0.3) is 5.69 Å². The number of hydrogen-bond donors (Lipinski definition) is 1. The number of nitrogens with zero attached hydrogens (tertiary/aromatic N) is 2. The van der Waals surface area contributed by atoms with Crippen LogP contribution in [0.2, 0.25) is 0 Å². The molecule has 6 heteroatoms. The van der Waals surface area contributed by atoms with Crippen molar-refractivity contribution in [3.8, 4) is 5.69 Å². The van der Waals surface area contributed by atoms with Crippen LogP contribution in [0.3, 0.4) is 0 Å².